The van der Waals surface area contributed by atoms with E-state index >= 15 is 0 Å². The number of nitrogen functional groups attached to an aromatic ring is 1. The number of fused-ring (bicyclic) bond motifs is 4. The number of nitrogens with two attached hydrogens (primary N) is 4. The van der Waals surface area contributed by atoms with Crippen LogP contribution >= 0.6 is 87.7 Å². The minimum atomic E-state index is -0.569. The molecule has 0 saturated carbocycles. The van der Waals surface area contributed by atoms with E-state index in [-0.39, 0.29) is 115 Å². The standard InChI is InChI=1S/C19H28BrN3O.2C18H26BrN3O.C18H27N3O.C14H22BrN3O.C6H13ClO2.ClH.FH.N2.S2.2U.H2/c1-6-23(7-2)18(24)19(3,4)13-8-9-16-15(12-13)14(10-11-21-5)17(20)22-16;1-5-22(6-2)17(23)18(3,4)13-9-14-12(7-8-20)11-21-16(14)15(19)10-13;1-5-22(6-2)17(23)18(3,4)12-7-8-15-14(11-12)13(9-10-20)16(19)21-15;1-5-21(6-2)17(22)18(3,4)14-7-8-16-15(11-14)13(9-10-19)12-20-16;1-5-18(6-2)13(19)14(3,4)10-7-8-12(17-16)11(15)9-10;1-8-6(9-2)4-3-5-7;;;2*1-2;;;/h8-9,12,21-22H,6-7,10-11H2,1-5H3;9-11,21H,5-8,20H2,1-4H3;7-8,11,21H,5-6,9-10,20H2,1-4H3;7-8,11-12,20H,5-6,9-10,19H2,1-4H3;7-9,17H,5-6,16H2,1-4H3;6H,3-5H2,1-2H3;2*1H;;;;;1H/i;;;;;;;;;;;;1+2T. The van der Waals surface area contributed by atoms with E-state index < -0.39 is 27.1 Å². The predicted molar refractivity (Wildman–Crippen MR) is 547 cm³/mol. The zero-order valence-corrected chi connectivity index (χ0v) is 97.4. The van der Waals surface area contributed by atoms with Gasteiger partial charge in [-0.1, -0.05) is 24.3 Å². The fourth-order valence-electron chi connectivity index (χ4n) is 14.7. The Bertz CT molecular complexity index is 4850. The number of hydrogen-bond donors (Lipinski definition) is 10. The van der Waals surface area contributed by atoms with Crippen molar-refractivity contribution in [2.24, 2.45) is 23.0 Å². The molecule has 4 aromatic heterocycles. The van der Waals surface area contributed by atoms with Gasteiger partial charge in [0, 0.05) is 243 Å². The van der Waals surface area contributed by atoms with E-state index in [0.717, 1.165) is 195 Å². The Kier molecular flexibility index (Phi) is 61.8. The van der Waals surface area contributed by atoms with Gasteiger partial charge in [-0.2, -0.15) is 0 Å². The van der Waals surface area contributed by atoms with Gasteiger partial charge in [-0.05, 0) is 385 Å². The fraction of sp³-hybridized carbons (Fsp3) is 0.538. The molecule has 4 heterocycles. The van der Waals surface area contributed by atoms with E-state index in [4.69, 9.17) is 57.9 Å². The molecule has 0 fully saturated rings. The molecule has 5 amide bonds. The average Bonchev–Trinajstić information content (AvgIpc) is 1.63. The molecule has 0 atom stereocenters. The van der Waals surface area contributed by atoms with Gasteiger partial charge in [-0.25, -0.2) is 0 Å². The molecule has 0 radical (unpaired) electrons. The smallest absolute Gasteiger partial charge is 0.232 e. The number of benzene rings is 5. The minimum Gasteiger partial charge on any atom is -0.361 e. The summed E-state index contributed by atoms with van der Waals surface area (Å²) in [6, 6.07) is 28.7. The summed E-state index contributed by atoms with van der Waals surface area (Å²) in [5.74, 6) is 6.89. The number of nitrogens with one attached hydrogen (secondary N) is 6. The molecule has 128 heavy (non-hydrogen) atoms. The first-order valence-corrected chi connectivity index (χ1v) is 47.8. The number of aromatic amines is 4. The van der Waals surface area contributed by atoms with Crippen LogP contribution in [0.1, 0.15) is 204 Å². The summed E-state index contributed by atoms with van der Waals surface area (Å²) in [6.07, 6.45) is 9.15. The number of ether oxygens (including phenoxy) is 2. The molecule has 24 nitrogen and oxygen atoms in total. The number of carbonyl (C=O) groups is 5. The van der Waals surface area contributed by atoms with Gasteiger partial charge in [-0.15, -0.1) is 24.0 Å². The number of rotatable bonds is 35. The van der Waals surface area contributed by atoms with Crippen molar-refractivity contribution in [3.05, 3.63) is 166 Å². The van der Waals surface area contributed by atoms with Gasteiger partial charge in [0.15, 0.2) is 6.29 Å². The van der Waals surface area contributed by atoms with Crippen molar-refractivity contribution in [3.8, 4) is 0 Å². The SMILES string of the molecule is CCN(CC)C(=O)C(C)(C)c1cc(Br)c2[nH]cc(CCN)c2c1.CCN(CC)C(=O)C(C)(C)c1ccc(NN)c(Br)c1.CCN(CC)C(=O)C(C)(C)c1ccc2[nH]c(Br)c(CCN)c2c1.CCN(CC)C(=O)C(C)(C)c1ccc2[nH]c(Br)c(CCNC)c2c1.CCN(CC)C(=O)C(C)(C)c1ccc2[nH]cc(CCN)c2c1.COC(CCCCl)OC.Cl.F.N#N.S=S.[3H][3H].[U].[U]. The quantitative estimate of drug-likeness (QED) is 0.00580. The Morgan fingerprint density at radius 1 is 0.477 bits per heavy atom. The second-order valence-corrected chi connectivity index (χ2v) is 35.9. The van der Waals surface area contributed by atoms with E-state index in [1.54, 1.807) is 14.2 Å². The number of carbonyl (C=O) groups excluding carboxylic acids is 5. The van der Waals surface area contributed by atoms with Crippen molar-refractivity contribution in [1.82, 2.24) is 49.8 Å². The second kappa shape index (κ2) is 63.0. The fourth-order valence-corrected chi connectivity index (χ4v) is 17.2. The maximum atomic E-state index is 12.9. The molecule has 714 valence electrons. The molecule has 0 aliphatic rings. The van der Waals surface area contributed by atoms with Gasteiger partial charge >= 0.3 is 0 Å². The van der Waals surface area contributed by atoms with Gasteiger partial charge in [-0.3, -0.25) is 34.5 Å². The van der Waals surface area contributed by atoms with Crippen LogP contribution < -0.4 is 33.8 Å². The zero-order valence-electron chi connectivity index (χ0n) is 81.5. The number of H-pyrrole nitrogens is 4. The molecule has 0 aliphatic carbocycles. The molecular formula is C93H146Br4Cl2FN17O7S2U2. The molecule has 9 aromatic rings. The third-order valence-electron chi connectivity index (χ3n) is 22.9. The van der Waals surface area contributed by atoms with E-state index in [9.17, 15) is 24.0 Å². The van der Waals surface area contributed by atoms with Gasteiger partial charge < -0.3 is 81.9 Å². The molecule has 9 rings (SSSR count). The summed E-state index contributed by atoms with van der Waals surface area (Å²) in [4.78, 5) is 86.8. The Hall–Kier alpha value is -4.48. The van der Waals surface area contributed by atoms with E-state index in [0.29, 0.717) is 25.5 Å². The first-order valence-electron chi connectivity index (χ1n) is 43.8. The number of hydrogen-bond acceptors (Lipinski definition) is 17. The number of alkyl halides is 1. The van der Waals surface area contributed by atoms with Crippen LogP contribution in [0.4, 0.5) is 10.4 Å². The summed E-state index contributed by atoms with van der Waals surface area (Å²) in [5, 5.41) is 19.8. The molecule has 0 spiro atoms. The van der Waals surface area contributed by atoms with E-state index in [1.165, 1.54) is 33.0 Å². The molecule has 35 heteroatoms. The molecule has 14 N–H and O–H groups in total. The summed E-state index contributed by atoms with van der Waals surface area (Å²) >= 11 is 27.1. The van der Waals surface area contributed by atoms with E-state index in [1.807, 2.05) is 225 Å². The Balaban J connectivity index is -0.000000730. The normalized spacial score (nSPS) is 11.1. The van der Waals surface area contributed by atoms with Crippen molar-refractivity contribution >= 4 is 189 Å². The first kappa shape index (κ1) is 126. The third kappa shape index (κ3) is 33.8. The van der Waals surface area contributed by atoms with Crippen molar-refractivity contribution in [3.63, 3.8) is 0 Å². The van der Waals surface area contributed by atoms with Crippen molar-refractivity contribution in [1.29, 1.82) is 10.8 Å². The van der Waals surface area contributed by atoms with Crippen LogP contribution in [-0.2, 0) is 109 Å². The first-order chi connectivity index (χ1) is 59.8. The Morgan fingerprint density at radius 3 is 1.11 bits per heavy atom. The van der Waals surface area contributed by atoms with Crippen LogP contribution in [0, 0.1) is 73.0 Å². The summed E-state index contributed by atoms with van der Waals surface area (Å²) in [5.41, 5.74) is 32.1. The maximum absolute atomic E-state index is 12.9. The summed E-state index contributed by atoms with van der Waals surface area (Å²) < 4.78 is 23.7. The molecular weight excluding hydrogens is 2420 g/mol. The predicted octanol–water partition coefficient (Wildman–Crippen LogP) is 19.2. The minimum absolute atomic E-state index is 0. The monoisotopic (exact) mass is 2560 g/mol. The van der Waals surface area contributed by atoms with Crippen molar-refractivity contribution < 1.29 is 103 Å². The number of aromatic nitrogens is 4. The zero-order chi connectivity index (χ0) is 96.4. The number of nitrogens with zero attached hydrogens (tertiary/aromatic N) is 7. The number of halogens is 7. The Labute approximate surface area is 867 Å². The molecule has 0 bridgehead atoms. The van der Waals surface area contributed by atoms with Crippen LogP contribution in [0.15, 0.2) is 115 Å². The molecule has 0 aliphatic heterocycles. The van der Waals surface area contributed by atoms with Gasteiger partial charge in [0.05, 0.1) is 47.5 Å². The summed E-state index contributed by atoms with van der Waals surface area (Å²) in [7, 11) is 5.21. The topological polar surface area (TPSA) is 359 Å². The molecule has 5 aromatic carbocycles. The van der Waals surface area contributed by atoms with Crippen LogP contribution in [0.3, 0.4) is 0 Å². The molecule has 0 saturated heterocycles. The summed E-state index contributed by atoms with van der Waals surface area (Å²) in [6.45, 7) is 50.2. The van der Waals surface area contributed by atoms with Gasteiger partial charge in [0.1, 0.15) is 0 Å². The molecule has 0 unspecified atom stereocenters. The number of anilines is 1. The van der Waals surface area contributed by atoms with Crippen molar-refractivity contribution in [2.45, 2.75) is 210 Å². The number of methoxy groups -OCH3 is 2. The maximum Gasteiger partial charge on any atom is 0.232 e. The van der Waals surface area contributed by atoms with Crippen LogP contribution in [0.25, 0.3) is 43.6 Å². The third-order valence-corrected chi connectivity index (χ3v) is 25.8. The van der Waals surface area contributed by atoms with Gasteiger partial charge in [0.25, 0.3) is 0 Å². The van der Waals surface area contributed by atoms with Crippen LogP contribution in [-0.4, -0.2) is 199 Å². The Morgan fingerprint density at radius 2 is 0.781 bits per heavy atom. The van der Waals surface area contributed by atoms with E-state index in [2.05, 4.69) is 159 Å². The van der Waals surface area contributed by atoms with Crippen LogP contribution in [0.5, 0.6) is 0 Å². The average molecular weight is 2570 g/mol. The van der Waals surface area contributed by atoms with Crippen molar-refractivity contribution in [2.75, 3.05) is 124 Å². The second-order valence-electron chi connectivity index (χ2n) is 32.2. The number of likely N-dealkylation sites (N-methyl/N-ethyl adjacent to an activating group) is 6. The largest absolute Gasteiger partial charge is 0.361 e. The van der Waals surface area contributed by atoms with Gasteiger partial charge in [0.2, 0.25) is 29.5 Å². The number of amides is 5. The van der Waals surface area contributed by atoms with Crippen LogP contribution in [0.2, 0.25) is 0 Å². The number of hydrazine groups is 1.